The van der Waals surface area contributed by atoms with E-state index in [4.69, 9.17) is 18.9 Å². The summed E-state index contributed by atoms with van der Waals surface area (Å²) < 4.78 is 25.5. The Bertz CT molecular complexity index is 1240. The first-order valence-corrected chi connectivity index (χ1v) is 17.6. The zero-order valence-electron chi connectivity index (χ0n) is 28.0. The first-order valence-electron chi connectivity index (χ1n) is 17.6. The Labute approximate surface area is 266 Å². The molecule has 0 radical (unpaired) electrons. The van der Waals surface area contributed by atoms with Crippen LogP contribution in [0, 0.1) is 50.7 Å². The number of hydrogen-bond acceptors (Lipinski definition) is 10. The van der Waals surface area contributed by atoms with Crippen LogP contribution in [0.1, 0.15) is 93.4 Å². The number of fused-ring (bicyclic) bond motifs is 4. The molecule has 8 fully saturated rings. The van der Waals surface area contributed by atoms with Crippen molar-refractivity contribution in [3.63, 3.8) is 0 Å². The van der Waals surface area contributed by atoms with E-state index >= 15 is 0 Å². The summed E-state index contributed by atoms with van der Waals surface area (Å²) in [4.78, 5) is 0. The van der Waals surface area contributed by atoms with Gasteiger partial charge in [-0.25, -0.2) is 0 Å². The van der Waals surface area contributed by atoms with Crippen LogP contribution in [-0.2, 0) is 18.9 Å². The molecule has 0 aromatic heterocycles. The lowest BCUT2D eigenvalue weighted by Gasteiger charge is -2.63. The average molecular weight is 637 g/mol. The van der Waals surface area contributed by atoms with Crippen molar-refractivity contribution in [1.82, 2.24) is 0 Å². The number of hydrogen-bond donors (Lipinski definition) is 6. The molecule has 45 heavy (non-hydrogen) atoms. The molecule has 5 saturated carbocycles. The van der Waals surface area contributed by atoms with E-state index in [2.05, 4.69) is 34.6 Å². The van der Waals surface area contributed by atoms with Crippen molar-refractivity contribution in [3.05, 3.63) is 0 Å². The Morgan fingerprint density at radius 3 is 2.16 bits per heavy atom. The SMILES string of the molecule is C[C@H]1C2C3(OC(C(C(C)(C)O)O3)[C@@H]1O)C(O)[C@@]1(C)[C@@H]3CC[C@H]4C(C)(C)[C@@H](O[C@@H]5OC[C@@H](O)[C@H](O)[C@H]5O)CC[C@@]45C[C@@]35CC[C@]21C. The summed E-state index contributed by atoms with van der Waals surface area (Å²) in [6, 6.07) is 0. The molecule has 0 aromatic carbocycles. The van der Waals surface area contributed by atoms with Crippen molar-refractivity contribution in [2.24, 2.45) is 50.7 Å². The van der Waals surface area contributed by atoms with Crippen LogP contribution in [0.25, 0.3) is 0 Å². The maximum absolute atomic E-state index is 12.7. The van der Waals surface area contributed by atoms with Gasteiger partial charge in [-0.2, -0.15) is 0 Å². The Morgan fingerprint density at radius 1 is 0.800 bits per heavy atom. The molecular weight excluding hydrogens is 580 g/mol. The molecule has 3 spiro atoms. The number of aliphatic hydroxyl groups excluding tert-OH is 5. The number of rotatable bonds is 3. The molecular formula is C35H56O10. The molecule has 18 atom stereocenters. The van der Waals surface area contributed by atoms with Gasteiger partial charge in [0, 0.05) is 11.3 Å². The first kappa shape index (κ1) is 31.8. The van der Waals surface area contributed by atoms with Crippen LogP contribution < -0.4 is 0 Å². The van der Waals surface area contributed by atoms with Crippen LogP contribution in [-0.4, -0.2) is 104 Å². The van der Waals surface area contributed by atoms with Gasteiger partial charge in [-0.15, -0.1) is 0 Å². The summed E-state index contributed by atoms with van der Waals surface area (Å²) in [7, 11) is 0. The van der Waals surface area contributed by atoms with E-state index in [1.807, 2.05) is 0 Å². The molecule has 3 saturated heterocycles. The van der Waals surface area contributed by atoms with Gasteiger partial charge in [-0.1, -0.05) is 34.6 Å². The maximum atomic E-state index is 12.7. The lowest BCUT2D eigenvalue weighted by atomic mass is 9.41. The van der Waals surface area contributed by atoms with Gasteiger partial charge in [0.25, 0.3) is 0 Å². The quantitative estimate of drug-likeness (QED) is 0.254. The fourth-order valence-corrected chi connectivity index (χ4v) is 13.9. The molecule has 256 valence electrons. The molecule has 3 heterocycles. The lowest BCUT2D eigenvalue weighted by molar-refractivity contribution is -0.303. The Kier molecular flexibility index (Phi) is 6.53. The van der Waals surface area contributed by atoms with E-state index in [9.17, 15) is 30.6 Å². The van der Waals surface area contributed by atoms with E-state index in [0.717, 1.165) is 44.9 Å². The average Bonchev–Trinajstić information content (AvgIpc) is 3.44. The maximum Gasteiger partial charge on any atom is 0.199 e. The minimum atomic E-state index is -1.30. The highest BCUT2D eigenvalue weighted by atomic mass is 16.8. The molecule has 2 bridgehead atoms. The Balaban J connectivity index is 1.11. The largest absolute Gasteiger partial charge is 0.390 e. The predicted molar refractivity (Wildman–Crippen MR) is 160 cm³/mol. The van der Waals surface area contributed by atoms with Crippen molar-refractivity contribution in [2.45, 2.75) is 160 Å². The first-order chi connectivity index (χ1) is 20.8. The van der Waals surface area contributed by atoms with Crippen LogP contribution in [0.3, 0.4) is 0 Å². The minimum absolute atomic E-state index is 0.0727. The topological polar surface area (TPSA) is 158 Å². The molecule has 10 nitrogen and oxygen atoms in total. The zero-order valence-corrected chi connectivity index (χ0v) is 28.0. The normalized spacial score (nSPS) is 62.7. The summed E-state index contributed by atoms with van der Waals surface area (Å²) in [6.07, 6.45) is -1.07. The third kappa shape index (κ3) is 3.51. The molecule has 6 N–H and O–H groups in total. The molecule has 8 rings (SSSR count). The van der Waals surface area contributed by atoms with Crippen LogP contribution >= 0.6 is 0 Å². The summed E-state index contributed by atoms with van der Waals surface area (Å²) >= 11 is 0. The van der Waals surface area contributed by atoms with Crippen molar-refractivity contribution in [2.75, 3.05) is 6.61 Å². The second kappa shape index (κ2) is 9.23. The number of aliphatic hydroxyl groups is 6. The molecule has 3 aliphatic heterocycles. The second-order valence-corrected chi connectivity index (χ2v) is 18.3. The van der Waals surface area contributed by atoms with Crippen molar-refractivity contribution >= 4 is 0 Å². The smallest absolute Gasteiger partial charge is 0.199 e. The fourth-order valence-electron chi connectivity index (χ4n) is 13.9. The van der Waals surface area contributed by atoms with Gasteiger partial charge in [0.1, 0.15) is 36.6 Å². The Hall–Kier alpha value is -0.400. The molecule has 0 amide bonds. The van der Waals surface area contributed by atoms with Crippen molar-refractivity contribution in [3.8, 4) is 0 Å². The van der Waals surface area contributed by atoms with Crippen LogP contribution in [0.2, 0.25) is 0 Å². The molecule has 8 aliphatic rings. The third-order valence-corrected chi connectivity index (χ3v) is 16.0. The summed E-state index contributed by atoms with van der Waals surface area (Å²) in [5.74, 6) is -0.957. The van der Waals surface area contributed by atoms with Gasteiger partial charge in [0.05, 0.1) is 24.4 Å². The van der Waals surface area contributed by atoms with Crippen LogP contribution in [0.5, 0.6) is 0 Å². The molecule has 10 heteroatoms. The van der Waals surface area contributed by atoms with Crippen molar-refractivity contribution in [1.29, 1.82) is 0 Å². The van der Waals surface area contributed by atoms with Crippen LogP contribution in [0.4, 0.5) is 0 Å². The van der Waals surface area contributed by atoms with Crippen LogP contribution in [0.15, 0.2) is 0 Å². The minimum Gasteiger partial charge on any atom is -0.390 e. The second-order valence-electron chi connectivity index (χ2n) is 18.3. The van der Waals surface area contributed by atoms with Gasteiger partial charge < -0.3 is 49.6 Å². The highest BCUT2D eigenvalue weighted by Crippen LogP contribution is 2.90. The zero-order chi connectivity index (χ0) is 32.5. The van der Waals surface area contributed by atoms with E-state index in [-0.39, 0.29) is 52.1 Å². The predicted octanol–water partition coefficient (Wildman–Crippen LogP) is 2.09. The van der Waals surface area contributed by atoms with Gasteiger partial charge >= 0.3 is 0 Å². The van der Waals surface area contributed by atoms with Gasteiger partial charge in [-0.05, 0) is 98.2 Å². The van der Waals surface area contributed by atoms with Gasteiger partial charge in [-0.3, -0.25) is 0 Å². The molecule has 5 aliphatic carbocycles. The standard InChI is InChI=1S/C35H56O10/c1-16-21(37)24-26(30(4,5)41)45-35(44-24)25(16)31(6)12-13-34-15-33(34)11-10-20(43-27-23(39)22(38)17(36)14-42-27)29(2,3)18(33)8-9-19(34)32(31,7)28(35)40/h16-28,36-41H,8-15H2,1-7H3/t16-,17-,18+,19+,20+,21-,22+,23-,24?,25?,26?,27+,28?,31-,32-,33-,34+,35?/m1/s1. The summed E-state index contributed by atoms with van der Waals surface area (Å²) in [6.45, 7) is 14.6. The van der Waals surface area contributed by atoms with Crippen molar-refractivity contribution < 1.29 is 49.6 Å². The van der Waals surface area contributed by atoms with E-state index in [1.165, 1.54) is 0 Å². The monoisotopic (exact) mass is 636 g/mol. The third-order valence-electron chi connectivity index (χ3n) is 16.0. The highest BCUT2D eigenvalue weighted by molar-refractivity contribution is 5.34. The van der Waals surface area contributed by atoms with Gasteiger partial charge in [0.2, 0.25) is 0 Å². The molecule has 5 unspecified atom stereocenters. The number of ether oxygens (including phenoxy) is 4. The van der Waals surface area contributed by atoms with E-state index < -0.39 is 65.8 Å². The summed E-state index contributed by atoms with van der Waals surface area (Å²) in [5.41, 5.74) is -2.04. The van der Waals surface area contributed by atoms with E-state index in [1.54, 1.807) is 13.8 Å². The van der Waals surface area contributed by atoms with E-state index in [0.29, 0.717) is 5.92 Å². The van der Waals surface area contributed by atoms with Gasteiger partial charge in [0.15, 0.2) is 12.1 Å². The Morgan fingerprint density at radius 2 is 1.47 bits per heavy atom. The fraction of sp³-hybridized carbons (Fsp3) is 1.00. The summed E-state index contributed by atoms with van der Waals surface area (Å²) in [5, 5.41) is 66.1. The highest BCUT2D eigenvalue weighted by Gasteiger charge is 2.88. The lowest BCUT2D eigenvalue weighted by Crippen LogP contribution is -2.61. The molecule has 0 aromatic rings.